The molecule has 1 aliphatic heterocycles. The van der Waals surface area contributed by atoms with E-state index in [4.69, 9.17) is 0 Å². The molecule has 0 amide bonds. The van der Waals surface area contributed by atoms with Gasteiger partial charge in [-0.05, 0) is 33.7 Å². The molecule has 1 N–H and O–H groups in total. The fraction of sp³-hybridized carbons (Fsp3) is 1.00. The summed E-state index contributed by atoms with van der Waals surface area (Å²) in [5.41, 5.74) is 0.341. The Bertz CT molecular complexity index is 143. The van der Waals surface area contributed by atoms with E-state index in [0.717, 1.165) is 13.1 Å². The second-order valence-corrected chi connectivity index (χ2v) is 4.49. The third-order valence-electron chi connectivity index (χ3n) is 2.77. The van der Waals surface area contributed by atoms with Crippen LogP contribution in [-0.4, -0.2) is 36.1 Å². The van der Waals surface area contributed by atoms with E-state index in [0.29, 0.717) is 11.6 Å². The monoisotopic (exact) mass is 170 g/mol. The lowest BCUT2D eigenvalue weighted by molar-refractivity contribution is 0.0456. The molecule has 1 fully saturated rings. The second-order valence-electron chi connectivity index (χ2n) is 4.49. The second kappa shape index (κ2) is 3.75. The number of nitrogens with zero attached hydrogens (tertiary/aromatic N) is 1. The van der Waals surface area contributed by atoms with E-state index in [9.17, 15) is 0 Å². The Labute approximate surface area is 76.3 Å². The van der Waals surface area contributed by atoms with E-state index in [-0.39, 0.29) is 0 Å². The third kappa shape index (κ3) is 1.99. The molecule has 0 bridgehead atoms. The molecule has 0 aliphatic carbocycles. The normalized spacial score (nSPS) is 30.5. The van der Waals surface area contributed by atoms with E-state index in [1.807, 2.05) is 0 Å². The molecule has 0 radical (unpaired) electrons. The summed E-state index contributed by atoms with van der Waals surface area (Å²) in [6, 6.07) is 0.689. The van der Waals surface area contributed by atoms with Crippen LogP contribution >= 0.6 is 0 Å². The summed E-state index contributed by atoms with van der Waals surface area (Å²) in [5, 5.41) is 3.47. The van der Waals surface area contributed by atoms with Gasteiger partial charge in [0.25, 0.3) is 0 Å². The smallest absolute Gasteiger partial charge is 0.0281 e. The van der Waals surface area contributed by atoms with Crippen LogP contribution in [0.2, 0.25) is 0 Å². The lowest BCUT2D eigenvalue weighted by Crippen LogP contribution is -2.62. The Kier molecular flexibility index (Phi) is 3.13. The third-order valence-corrected chi connectivity index (χ3v) is 2.77. The summed E-state index contributed by atoms with van der Waals surface area (Å²) in [7, 11) is 0. The van der Waals surface area contributed by atoms with Crippen LogP contribution in [0.1, 0.15) is 34.1 Å². The zero-order chi connectivity index (χ0) is 9.19. The molecule has 12 heavy (non-hydrogen) atoms. The minimum Gasteiger partial charge on any atom is -0.313 e. The molecule has 1 saturated heterocycles. The molecule has 72 valence electrons. The number of hydrogen-bond acceptors (Lipinski definition) is 2. The van der Waals surface area contributed by atoms with Crippen molar-refractivity contribution in [1.82, 2.24) is 10.2 Å². The average Bonchev–Trinajstić information content (AvgIpc) is 1.97. The van der Waals surface area contributed by atoms with Gasteiger partial charge in [-0.3, -0.25) is 4.90 Å². The van der Waals surface area contributed by atoms with Crippen molar-refractivity contribution < 1.29 is 0 Å². The Morgan fingerprint density at radius 2 is 2.17 bits per heavy atom. The van der Waals surface area contributed by atoms with Crippen molar-refractivity contribution in [2.45, 2.75) is 45.7 Å². The molecule has 1 atom stereocenters. The Balaban J connectivity index is 2.60. The van der Waals surface area contributed by atoms with Crippen LogP contribution in [-0.2, 0) is 0 Å². The molecule has 2 nitrogen and oxygen atoms in total. The van der Waals surface area contributed by atoms with Gasteiger partial charge in [0.1, 0.15) is 0 Å². The van der Waals surface area contributed by atoms with Crippen molar-refractivity contribution in [2.75, 3.05) is 19.6 Å². The van der Waals surface area contributed by atoms with Crippen molar-refractivity contribution in [3.63, 3.8) is 0 Å². The first-order chi connectivity index (χ1) is 5.58. The molecular formula is C10H22N2. The molecule has 2 heteroatoms. The van der Waals surface area contributed by atoms with Gasteiger partial charge < -0.3 is 5.32 Å². The minimum atomic E-state index is 0.341. The summed E-state index contributed by atoms with van der Waals surface area (Å²) in [4.78, 5) is 2.61. The highest BCUT2D eigenvalue weighted by Crippen LogP contribution is 2.20. The Hall–Kier alpha value is -0.0800. The van der Waals surface area contributed by atoms with Crippen LogP contribution in [0.4, 0.5) is 0 Å². The average molecular weight is 170 g/mol. The predicted molar refractivity (Wildman–Crippen MR) is 53.4 cm³/mol. The van der Waals surface area contributed by atoms with Gasteiger partial charge >= 0.3 is 0 Å². The summed E-state index contributed by atoms with van der Waals surface area (Å²) >= 11 is 0. The van der Waals surface area contributed by atoms with Crippen LogP contribution < -0.4 is 5.32 Å². The van der Waals surface area contributed by atoms with Gasteiger partial charge in [-0.25, -0.2) is 0 Å². The van der Waals surface area contributed by atoms with Gasteiger partial charge in [-0.15, -0.1) is 0 Å². The van der Waals surface area contributed by atoms with Crippen molar-refractivity contribution >= 4 is 0 Å². The van der Waals surface area contributed by atoms with Crippen molar-refractivity contribution in [3.8, 4) is 0 Å². The van der Waals surface area contributed by atoms with E-state index in [1.54, 1.807) is 0 Å². The highest BCUT2D eigenvalue weighted by Gasteiger charge is 2.32. The Morgan fingerprint density at radius 3 is 2.67 bits per heavy atom. The van der Waals surface area contributed by atoms with Crippen molar-refractivity contribution in [3.05, 3.63) is 0 Å². The van der Waals surface area contributed by atoms with Gasteiger partial charge in [0.2, 0.25) is 0 Å². The molecule has 0 aromatic carbocycles. The quantitative estimate of drug-likeness (QED) is 0.675. The molecule has 0 spiro atoms. The molecule has 0 aromatic rings. The zero-order valence-corrected chi connectivity index (χ0v) is 8.85. The maximum absolute atomic E-state index is 3.47. The van der Waals surface area contributed by atoms with Crippen molar-refractivity contribution in [1.29, 1.82) is 0 Å². The molecule has 1 unspecified atom stereocenters. The minimum absolute atomic E-state index is 0.341. The van der Waals surface area contributed by atoms with E-state index in [1.165, 1.54) is 13.0 Å². The van der Waals surface area contributed by atoms with E-state index >= 15 is 0 Å². The van der Waals surface area contributed by atoms with Gasteiger partial charge in [0, 0.05) is 24.7 Å². The van der Waals surface area contributed by atoms with Gasteiger partial charge in [-0.2, -0.15) is 0 Å². The maximum Gasteiger partial charge on any atom is 0.0281 e. The maximum atomic E-state index is 3.47. The van der Waals surface area contributed by atoms with Crippen LogP contribution in [0.25, 0.3) is 0 Å². The van der Waals surface area contributed by atoms with Gasteiger partial charge in [0.05, 0.1) is 0 Å². The van der Waals surface area contributed by atoms with Crippen LogP contribution in [0.5, 0.6) is 0 Å². The zero-order valence-electron chi connectivity index (χ0n) is 8.85. The van der Waals surface area contributed by atoms with E-state index in [2.05, 4.69) is 37.9 Å². The molecule has 1 rings (SSSR count). The van der Waals surface area contributed by atoms with Gasteiger partial charge in [0.15, 0.2) is 0 Å². The number of hydrogen-bond donors (Lipinski definition) is 1. The number of nitrogens with one attached hydrogen (secondary N) is 1. The van der Waals surface area contributed by atoms with Crippen LogP contribution in [0, 0.1) is 0 Å². The summed E-state index contributed by atoms with van der Waals surface area (Å²) in [6.07, 6.45) is 1.26. The largest absolute Gasteiger partial charge is 0.313 e. The fourth-order valence-electron chi connectivity index (χ4n) is 2.16. The molecule has 1 heterocycles. The van der Waals surface area contributed by atoms with Gasteiger partial charge in [-0.1, -0.05) is 6.92 Å². The topological polar surface area (TPSA) is 15.3 Å². The lowest BCUT2D eigenvalue weighted by atomic mass is 9.96. The first-order valence-electron chi connectivity index (χ1n) is 5.05. The highest BCUT2D eigenvalue weighted by atomic mass is 15.3. The number of rotatable bonds is 2. The van der Waals surface area contributed by atoms with Crippen LogP contribution in [0.15, 0.2) is 0 Å². The van der Waals surface area contributed by atoms with Crippen LogP contribution in [0.3, 0.4) is 0 Å². The van der Waals surface area contributed by atoms with Crippen molar-refractivity contribution in [2.24, 2.45) is 0 Å². The SMILES string of the molecule is CCCN1C(C)CNCC1(C)C. The standard InChI is InChI=1S/C10H22N2/c1-5-6-12-9(2)7-11-8-10(12,3)4/h9,11H,5-8H2,1-4H3. The number of piperazine rings is 1. The molecule has 0 saturated carbocycles. The summed E-state index contributed by atoms with van der Waals surface area (Å²) in [5.74, 6) is 0. The molecule has 0 aromatic heterocycles. The lowest BCUT2D eigenvalue weighted by Gasteiger charge is -2.47. The van der Waals surface area contributed by atoms with E-state index < -0.39 is 0 Å². The first-order valence-corrected chi connectivity index (χ1v) is 5.05. The molecular weight excluding hydrogens is 148 g/mol. The predicted octanol–water partition coefficient (Wildman–Crippen LogP) is 1.47. The summed E-state index contributed by atoms with van der Waals surface area (Å²) in [6.45, 7) is 12.7. The Morgan fingerprint density at radius 1 is 1.50 bits per heavy atom. The molecule has 1 aliphatic rings. The first kappa shape index (κ1) is 10.0. The highest BCUT2D eigenvalue weighted by molar-refractivity contribution is 4.91. The fourth-order valence-corrected chi connectivity index (χ4v) is 2.16. The summed E-state index contributed by atoms with van der Waals surface area (Å²) < 4.78 is 0.